The van der Waals surface area contributed by atoms with Crippen molar-refractivity contribution >= 4 is 10.1 Å². The van der Waals surface area contributed by atoms with Crippen LogP contribution in [0, 0.1) is 0 Å². The van der Waals surface area contributed by atoms with Gasteiger partial charge in [-0.1, -0.05) is 60.7 Å². The highest BCUT2D eigenvalue weighted by Crippen LogP contribution is 2.33. The summed E-state index contributed by atoms with van der Waals surface area (Å²) in [5.41, 5.74) is 1.53. The normalized spacial score (nSPS) is 29.7. The number of hydrogen-bond donors (Lipinski definition) is 1. The summed E-state index contributed by atoms with van der Waals surface area (Å²) >= 11 is 0. The molecule has 0 unspecified atom stereocenters. The fourth-order valence-corrected chi connectivity index (χ4v) is 4.62. The molecular formula is C20H22O7S. The lowest BCUT2D eigenvalue weighted by Gasteiger charge is -2.37. The van der Waals surface area contributed by atoms with Crippen molar-refractivity contribution in [1.29, 1.82) is 0 Å². The van der Waals surface area contributed by atoms with Crippen LogP contribution < -0.4 is 0 Å². The minimum atomic E-state index is -3.96. The molecule has 5 atom stereocenters. The van der Waals surface area contributed by atoms with E-state index in [0.29, 0.717) is 5.56 Å². The number of ether oxygens (including phenoxy) is 3. The summed E-state index contributed by atoms with van der Waals surface area (Å²) in [6, 6.07) is 18.2. The van der Waals surface area contributed by atoms with E-state index in [4.69, 9.17) is 18.4 Å². The minimum absolute atomic E-state index is 0.208. The summed E-state index contributed by atoms with van der Waals surface area (Å²) in [5, 5.41) is 10.7. The number of aliphatic hydroxyl groups is 1. The molecule has 4 rings (SSSR count). The zero-order chi connectivity index (χ0) is 19.6. The second-order valence-electron chi connectivity index (χ2n) is 6.88. The third kappa shape index (κ3) is 4.43. The molecule has 0 aliphatic carbocycles. The molecule has 0 amide bonds. The number of fused-ring (bicyclic) bond motifs is 2. The van der Waals surface area contributed by atoms with E-state index < -0.39 is 40.8 Å². The molecule has 2 aliphatic heterocycles. The van der Waals surface area contributed by atoms with Crippen LogP contribution in [0.3, 0.4) is 0 Å². The van der Waals surface area contributed by atoms with Gasteiger partial charge >= 0.3 is 0 Å². The van der Waals surface area contributed by atoms with Crippen molar-refractivity contribution in [3.8, 4) is 0 Å². The Kier molecular flexibility index (Phi) is 5.77. The molecule has 2 aromatic carbocycles. The lowest BCUT2D eigenvalue weighted by Crippen LogP contribution is -2.56. The third-order valence-electron chi connectivity index (χ3n) is 4.77. The van der Waals surface area contributed by atoms with Crippen LogP contribution in [0.25, 0.3) is 0 Å². The van der Waals surface area contributed by atoms with Crippen LogP contribution in [0.5, 0.6) is 0 Å². The third-order valence-corrected chi connectivity index (χ3v) is 5.97. The van der Waals surface area contributed by atoms with Gasteiger partial charge in [-0.3, -0.25) is 4.18 Å². The molecule has 150 valence electrons. The average Bonchev–Trinajstić information content (AvgIpc) is 3.12. The molecule has 8 heteroatoms. The van der Waals surface area contributed by atoms with E-state index in [0.717, 1.165) is 5.56 Å². The monoisotopic (exact) mass is 406 g/mol. The van der Waals surface area contributed by atoms with Crippen LogP contribution in [0.2, 0.25) is 0 Å². The molecule has 7 nitrogen and oxygen atoms in total. The standard InChI is InChI=1S/C20H22O7S/c21-17-18(24-11-14-7-3-1-4-8-14)16-12-25-20(26-16)19(17)27-28(22,23)13-15-9-5-2-6-10-15/h1-10,16-21H,11-13H2/t16-,17+,18-,19-,20-/m1/s1. The van der Waals surface area contributed by atoms with E-state index in [2.05, 4.69) is 0 Å². The molecule has 2 aliphatic rings. The number of rotatable bonds is 7. The molecule has 2 saturated heterocycles. The van der Waals surface area contributed by atoms with Crippen LogP contribution in [0.1, 0.15) is 11.1 Å². The first-order chi connectivity index (χ1) is 13.5. The zero-order valence-electron chi connectivity index (χ0n) is 15.1. The molecule has 28 heavy (non-hydrogen) atoms. The fraction of sp³-hybridized carbons (Fsp3) is 0.400. The summed E-state index contributed by atoms with van der Waals surface area (Å²) < 4.78 is 47.3. The van der Waals surface area contributed by atoms with Crippen LogP contribution in [0.4, 0.5) is 0 Å². The lowest BCUT2D eigenvalue weighted by molar-refractivity contribution is -0.232. The van der Waals surface area contributed by atoms with Gasteiger partial charge in [0.15, 0.2) is 12.4 Å². The van der Waals surface area contributed by atoms with Gasteiger partial charge in [0.25, 0.3) is 10.1 Å². The SMILES string of the molecule is O=S(=O)(Cc1ccccc1)O[C@H]1[C@@H]2OC[C@@H](O2)[C@@H](OCc2ccccc2)[C@@H]1O. The summed E-state index contributed by atoms with van der Waals surface area (Å²) in [6.07, 6.45) is -4.55. The van der Waals surface area contributed by atoms with Gasteiger partial charge < -0.3 is 19.3 Å². The largest absolute Gasteiger partial charge is 0.387 e. The second-order valence-corrected chi connectivity index (χ2v) is 8.47. The highest BCUT2D eigenvalue weighted by atomic mass is 32.2. The van der Waals surface area contributed by atoms with Crippen molar-refractivity contribution in [2.45, 2.75) is 43.1 Å². The quantitative estimate of drug-likeness (QED) is 0.699. The number of aliphatic hydroxyl groups excluding tert-OH is 1. The van der Waals surface area contributed by atoms with Crippen LogP contribution in [-0.2, 0) is 40.9 Å². The van der Waals surface area contributed by atoms with Crippen LogP contribution in [-0.4, -0.2) is 50.8 Å². The lowest BCUT2D eigenvalue weighted by atomic mass is 10.0. The maximum Gasteiger partial charge on any atom is 0.272 e. The number of hydrogen-bond acceptors (Lipinski definition) is 7. The van der Waals surface area contributed by atoms with Crippen molar-refractivity contribution < 1.29 is 31.9 Å². The maximum atomic E-state index is 12.5. The Morgan fingerprint density at radius 3 is 2.29 bits per heavy atom. The highest BCUT2D eigenvalue weighted by molar-refractivity contribution is 7.85. The Labute approximate surface area is 163 Å². The van der Waals surface area contributed by atoms with Crippen molar-refractivity contribution in [2.24, 2.45) is 0 Å². The smallest absolute Gasteiger partial charge is 0.272 e. The second kappa shape index (κ2) is 8.28. The topological polar surface area (TPSA) is 91.3 Å². The van der Waals surface area contributed by atoms with Gasteiger partial charge in [-0.05, 0) is 11.1 Å². The number of benzene rings is 2. The molecule has 2 aromatic rings. The summed E-state index contributed by atoms with van der Waals surface area (Å²) in [4.78, 5) is 0. The van der Waals surface area contributed by atoms with Crippen molar-refractivity contribution in [3.05, 3.63) is 71.8 Å². The summed E-state index contributed by atoms with van der Waals surface area (Å²) in [6.45, 7) is 0.469. The van der Waals surface area contributed by atoms with Gasteiger partial charge in [0.2, 0.25) is 0 Å². The minimum Gasteiger partial charge on any atom is -0.387 e. The molecule has 0 saturated carbocycles. The van der Waals surface area contributed by atoms with Gasteiger partial charge in [-0.2, -0.15) is 8.42 Å². The molecule has 0 radical (unpaired) electrons. The zero-order valence-corrected chi connectivity index (χ0v) is 15.9. The van der Waals surface area contributed by atoms with Crippen LogP contribution in [0.15, 0.2) is 60.7 Å². The van der Waals surface area contributed by atoms with E-state index in [-0.39, 0.29) is 19.0 Å². The molecule has 2 fully saturated rings. The van der Waals surface area contributed by atoms with Gasteiger partial charge in [0.05, 0.1) is 13.2 Å². The summed E-state index contributed by atoms with van der Waals surface area (Å²) in [5.74, 6) is -0.303. The molecule has 0 aromatic heterocycles. The maximum absolute atomic E-state index is 12.5. The van der Waals surface area contributed by atoms with Crippen molar-refractivity contribution in [1.82, 2.24) is 0 Å². The Hall–Kier alpha value is -1.81. The van der Waals surface area contributed by atoms with E-state index >= 15 is 0 Å². The van der Waals surface area contributed by atoms with Crippen LogP contribution >= 0.6 is 0 Å². The van der Waals surface area contributed by atoms with Crippen molar-refractivity contribution in [2.75, 3.05) is 6.61 Å². The van der Waals surface area contributed by atoms with E-state index in [1.165, 1.54) is 0 Å². The van der Waals surface area contributed by atoms with Gasteiger partial charge in [0, 0.05) is 0 Å². The van der Waals surface area contributed by atoms with E-state index in [1.54, 1.807) is 30.3 Å². The fourth-order valence-electron chi connectivity index (χ4n) is 3.41. The molecule has 2 heterocycles. The Balaban J connectivity index is 1.44. The first-order valence-corrected chi connectivity index (χ1v) is 10.7. The predicted octanol–water partition coefficient (Wildman–Crippen LogP) is 1.60. The average molecular weight is 406 g/mol. The van der Waals surface area contributed by atoms with Gasteiger partial charge in [0.1, 0.15) is 24.1 Å². The molecular weight excluding hydrogens is 384 g/mol. The molecule has 2 bridgehead atoms. The first-order valence-electron chi connectivity index (χ1n) is 9.07. The Morgan fingerprint density at radius 1 is 0.964 bits per heavy atom. The van der Waals surface area contributed by atoms with Gasteiger partial charge in [-0.15, -0.1) is 0 Å². The Bertz CT molecular complexity index is 872. The Morgan fingerprint density at radius 2 is 1.61 bits per heavy atom. The molecule has 1 N–H and O–H groups in total. The molecule has 0 spiro atoms. The van der Waals surface area contributed by atoms with Gasteiger partial charge in [-0.25, -0.2) is 0 Å². The predicted molar refractivity (Wildman–Crippen MR) is 99.6 cm³/mol. The highest BCUT2D eigenvalue weighted by Gasteiger charge is 2.53. The summed E-state index contributed by atoms with van der Waals surface area (Å²) in [7, 11) is -3.96. The van der Waals surface area contributed by atoms with Crippen molar-refractivity contribution in [3.63, 3.8) is 0 Å². The first kappa shape index (κ1) is 19.5. The van der Waals surface area contributed by atoms with E-state index in [1.807, 2.05) is 30.3 Å². The van der Waals surface area contributed by atoms with E-state index in [9.17, 15) is 13.5 Å².